The van der Waals surface area contributed by atoms with Gasteiger partial charge in [0.1, 0.15) is 0 Å². The zero-order chi connectivity index (χ0) is 16.5. The van der Waals surface area contributed by atoms with Gasteiger partial charge in [0, 0.05) is 25.2 Å². The van der Waals surface area contributed by atoms with Crippen LogP contribution < -0.4 is 11.5 Å². The van der Waals surface area contributed by atoms with Gasteiger partial charge in [0.15, 0.2) is 0 Å². The molecule has 2 unspecified atom stereocenters. The van der Waals surface area contributed by atoms with E-state index in [0.29, 0.717) is 17.7 Å². The zero-order valence-corrected chi connectivity index (χ0v) is 14.0. The van der Waals surface area contributed by atoms with E-state index < -0.39 is 0 Å². The minimum Gasteiger partial charge on any atom is -0.405 e. The first-order valence-electron chi connectivity index (χ1n) is 7.45. The maximum Gasteiger partial charge on any atom is 0.0464 e. The van der Waals surface area contributed by atoms with Crippen LogP contribution in [0, 0.1) is 0 Å². The molecule has 4 nitrogen and oxygen atoms in total. The molecule has 0 spiro atoms. The van der Waals surface area contributed by atoms with E-state index in [4.69, 9.17) is 23.1 Å². The molecule has 1 aromatic rings. The summed E-state index contributed by atoms with van der Waals surface area (Å²) in [5.41, 5.74) is 12.4. The van der Waals surface area contributed by atoms with Gasteiger partial charge in [-0.15, -0.1) is 4.48 Å². The van der Waals surface area contributed by atoms with E-state index in [1.165, 1.54) is 23.8 Å². The van der Waals surface area contributed by atoms with Crippen LogP contribution in [0.5, 0.6) is 0 Å². The molecule has 0 saturated carbocycles. The molecule has 0 bridgehead atoms. The SMILES string of the molecule is CN(F)N(C)C(/C=C\N)CCC(CCN)c1ccc(Cl)cc1. The molecule has 22 heavy (non-hydrogen) atoms. The lowest BCUT2D eigenvalue weighted by Gasteiger charge is -2.29. The van der Waals surface area contributed by atoms with E-state index in [0.717, 1.165) is 24.3 Å². The Morgan fingerprint density at radius 3 is 2.32 bits per heavy atom. The molecule has 6 heteroatoms. The summed E-state index contributed by atoms with van der Waals surface area (Å²) >= 11 is 5.94. The number of halogens is 2. The Morgan fingerprint density at radius 1 is 1.18 bits per heavy atom. The number of hydrogen-bond donors (Lipinski definition) is 2. The Hall–Kier alpha value is -1.14. The molecule has 0 aromatic heterocycles. The van der Waals surface area contributed by atoms with Crippen molar-refractivity contribution >= 4 is 11.6 Å². The molecule has 0 saturated heterocycles. The second-order valence-electron chi connectivity index (χ2n) is 5.37. The lowest BCUT2D eigenvalue weighted by Crippen LogP contribution is -2.38. The molecule has 0 radical (unpaired) electrons. The number of hydrazine groups is 1. The van der Waals surface area contributed by atoms with E-state index in [1.54, 1.807) is 13.1 Å². The molecule has 124 valence electrons. The number of nitrogens with two attached hydrogens (primary N) is 2. The molecule has 4 N–H and O–H groups in total. The first-order chi connectivity index (χ1) is 10.5. The fourth-order valence-corrected chi connectivity index (χ4v) is 2.65. The van der Waals surface area contributed by atoms with E-state index >= 15 is 0 Å². The van der Waals surface area contributed by atoms with Crippen LogP contribution in [0.2, 0.25) is 5.02 Å². The number of likely N-dealkylation sites (N-methyl/N-ethyl adjacent to an activating group) is 1. The molecular formula is C16H26ClFN4. The van der Waals surface area contributed by atoms with E-state index in [2.05, 4.69) is 0 Å². The normalized spacial score (nSPS) is 14.9. The van der Waals surface area contributed by atoms with Gasteiger partial charge in [-0.1, -0.05) is 35.0 Å². The Labute approximate surface area is 137 Å². The van der Waals surface area contributed by atoms with Gasteiger partial charge >= 0.3 is 0 Å². The molecule has 0 amide bonds. The van der Waals surface area contributed by atoms with Crippen LogP contribution in [-0.2, 0) is 0 Å². The van der Waals surface area contributed by atoms with Gasteiger partial charge in [-0.25, -0.2) is 5.01 Å². The maximum atomic E-state index is 13.4. The summed E-state index contributed by atoms with van der Waals surface area (Å²) in [6, 6.07) is 7.74. The van der Waals surface area contributed by atoms with Gasteiger partial charge in [-0.2, -0.15) is 0 Å². The van der Waals surface area contributed by atoms with Gasteiger partial charge in [-0.05, 0) is 55.6 Å². The number of benzene rings is 1. The van der Waals surface area contributed by atoms with Crippen LogP contribution in [0.3, 0.4) is 0 Å². The molecule has 1 rings (SSSR count). The van der Waals surface area contributed by atoms with Gasteiger partial charge in [0.25, 0.3) is 0 Å². The number of nitrogens with zero attached hydrogens (tertiary/aromatic N) is 2. The van der Waals surface area contributed by atoms with Crippen LogP contribution in [0.1, 0.15) is 30.7 Å². The van der Waals surface area contributed by atoms with Crippen molar-refractivity contribution in [3.05, 3.63) is 47.1 Å². The summed E-state index contributed by atoms with van der Waals surface area (Å²) in [6.45, 7) is 0.615. The second kappa shape index (κ2) is 9.79. The van der Waals surface area contributed by atoms with Crippen LogP contribution in [0.15, 0.2) is 36.5 Å². The largest absolute Gasteiger partial charge is 0.405 e. The third-order valence-corrected chi connectivity index (χ3v) is 4.17. The molecule has 1 aromatic carbocycles. The van der Waals surface area contributed by atoms with Gasteiger partial charge < -0.3 is 11.5 Å². The van der Waals surface area contributed by atoms with Crippen LogP contribution >= 0.6 is 11.6 Å². The number of rotatable bonds is 9. The molecule has 0 aliphatic rings. The van der Waals surface area contributed by atoms with Crippen molar-refractivity contribution in [2.24, 2.45) is 11.5 Å². The van der Waals surface area contributed by atoms with Crippen molar-refractivity contribution < 1.29 is 4.48 Å². The van der Waals surface area contributed by atoms with E-state index in [-0.39, 0.29) is 6.04 Å². The molecular weight excluding hydrogens is 303 g/mol. The van der Waals surface area contributed by atoms with Crippen LogP contribution in [0.25, 0.3) is 0 Å². The minimum atomic E-state index is -0.0902. The maximum absolute atomic E-state index is 13.4. The highest BCUT2D eigenvalue weighted by Crippen LogP contribution is 2.27. The smallest absolute Gasteiger partial charge is 0.0464 e. The van der Waals surface area contributed by atoms with Crippen LogP contribution in [0.4, 0.5) is 4.48 Å². The first kappa shape index (κ1) is 18.9. The Balaban J connectivity index is 2.75. The van der Waals surface area contributed by atoms with E-state index in [1.807, 2.05) is 24.3 Å². The van der Waals surface area contributed by atoms with Crippen molar-refractivity contribution in [2.45, 2.75) is 31.2 Å². The minimum absolute atomic E-state index is 0.0902. The summed E-state index contributed by atoms with van der Waals surface area (Å²) in [4.78, 5) is 0. The molecule has 0 aliphatic carbocycles. The van der Waals surface area contributed by atoms with E-state index in [9.17, 15) is 4.48 Å². The Kier molecular flexibility index (Phi) is 8.42. The second-order valence-corrected chi connectivity index (χ2v) is 5.81. The average molecular weight is 329 g/mol. The molecule has 2 atom stereocenters. The summed E-state index contributed by atoms with van der Waals surface area (Å²) in [5.74, 6) is 0.328. The van der Waals surface area contributed by atoms with Gasteiger partial charge in [0.05, 0.1) is 0 Å². The third kappa shape index (κ3) is 5.93. The van der Waals surface area contributed by atoms with Crippen molar-refractivity contribution in [1.82, 2.24) is 10.2 Å². The highest BCUT2D eigenvalue weighted by atomic mass is 35.5. The fourth-order valence-electron chi connectivity index (χ4n) is 2.53. The number of hydrogen-bond acceptors (Lipinski definition) is 4. The van der Waals surface area contributed by atoms with Crippen molar-refractivity contribution in [3.63, 3.8) is 0 Å². The zero-order valence-electron chi connectivity index (χ0n) is 13.3. The Morgan fingerprint density at radius 2 is 1.82 bits per heavy atom. The predicted molar refractivity (Wildman–Crippen MR) is 90.8 cm³/mol. The highest BCUT2D eigenvalue weighted by Gasteiger charge is 2.19. The standard InChI is InChI=1S/C16H26ClFN4/c1-21(22(2)18)16(10-12-20)8-5-14(9-11-19)13-3-6-15(17)7-4-13/h3-4,6-7,10,12,14,16H,5,8-9,11,19-20H2,1-2H3/b12-10-. The topological polar surface area (TPSA) is 58.5 Å². The van der Waals surface area contributed by atoms with Crippen molar-refractivity contribution in [2.75, 3.05) is 20.6 Å². The molecule has 0 heterocycles. The Bertz CT molecular complexity index is 450. The monoisotopic (exact) mass is 328 g/mol. The summed E-state index contributed by atoms with van der Waals surface area (Å²) in [5, 5.41) is 2.81. The van der Waals surface area contributed by atoms with Gasteiger partial charge in [0.2, 0.25) is 0 Å². The summed E-state index contributed by atoms with van der Waals surface area (Å²) in [7, 11) is 3.07. The summed E-state index contributed by atoms with van der Waals surface area (Å²) < 4.78 is 13.4. The average Bonchev–Trinajstić information content (AvgIpc) is 2.50. The van der Waals surface area contributed by atoms with Crippen molar-refractivity contribution in [3.8, 4) is 0 Å². The quantitative estimate of drug-likeness (QED) is 0.540. The van der Waals surface area contributed by atoms with Gasteiger partial charge in [-0.3, -0.25) is 0 Å². The predicted octanol–water partition coefficient (Wildman–Crippen LogP) is 3.06. The van der Waals surface area contributed by atoms with Crippen LogP contribution in [-0.4, -0.2) is 36.9 Å². The third-order valence-electron chi connectivity index (χ3n) is 3.92. The lowest BCUT2D eigenvalue weighted by molar-refractivity contribution is -0.149. The summed E-state index contributed by atoms with van der Waals surface area (Å²) in [6.07, 6.45) is 5.83. The first-order valence-corrected chi connectivity index (χ1v) is 7.83. The molecule has 0 fully saturated rings. The molecule has 0 aliphatic heterocycles. The highest BCUT2D eigenvalue weighted by molar-refractivity contribution is 6.30. The van der Waals surface area contributed by atoms with Crippen molar-refractivity contribution in [1.29, 1.82) is 0 Å². The fraction of sp³-hybridized carbons (Fsp3) is 0.500. The lowest BCUT2D eigenvalue weighted by atomic mass is 9.89.